The summed E-state index contributed by atoms with van der Waals surface area (Å²) in [4.78, 5) is 21.2. The molecule has 0 bridgehead atoms. The summed E-state index contributed by atoms with van der Waals surface area (Å²) in [5.74, 6) is 0.450. The molecule has 2 amide bonds. The van der Waals surface area contributed by atoms with Crippen molar-refractivity contribution >= 4 is 6.03 Å². The van der Waals surface area contributed by atoms with Gasteiger partial charge >= 0.3 is 6.03 Å². The predicted octanol–water partition coefficient (Wildman–Crippen LogP) is 2.29. The molecule has 1 saturated carbocycles. The van der Waals surface area contributed by atoms with Crippen LogP contribution in [0.2, 0.25) is 0 Å². The zero-order valence-electron chi connectivity index (χ0n) is 14.7. The van der Waals surface area contributed by atoms with Crippen LogP contribution >= 0.6 is 0 Å². The fourth-order valence-corrected chi connectivity index (χ4v) is 4.33. The lowest BCUT2D eigenvalue weighted by Gasteiger charge is -2.39. The van der Waals surface area contributed by atoms with Gasteiger partial charge in [0.25, 0.3) is 0 Å². The standard InChI is InChI=1S/C19H27N3O3/c23-19(21-7-3-4-8-21)22-9-10-25-18-12-15(11-17(18)22)13-24-14-16-5-1-2-6-20-16/h1-2,5-6,15,17-18H,3-4,7-14H2. The first-order valence-corrected chi connectivity index (χ1v) is 9.46. The van der Waals surface area contributed by atoms with E-state index in [1.807, 2.05) is 23.1 Å². The van der Waals surface area contributed by atoms with Crippen LogP contribution in [-0.4, -0.2) is 65.8 Å². The predicted molar refractivity (Wildman–Crippen MR) is 93.1 cm³/mol. The molecule has 4 rings (SSSR count). The van der Waals surface area contributed by atoms with Gasteiger partial charge in [-0.05, 0) is 43.7 Å². The van der Waals surface area contributed by atoms with Crippen molar-refractivity contribution in [3.05, 3.63) is 30.1 Å². The second-order valence-corrected chi connectivity index (χ2v) is 7.32. The highest BCUT2D eigenvalue weighted by atomic mass is 16.5. The van der Waals surface area contributed by atoms with E-state index in [0.717, 1.165) is 51.0 Å². The van der Waals surface area contributed by atoms with Gasteiger partial charge in [0, 0.05) is 25.8 Å². The minimum atomic E-state index is 0.170. The number of carbonyl (C=O) groups excluding carboxylic acids is 1. The monoisotopic (exact) mass is 345 g/mol. The number of ether oxygens (including phenoxy) is 2. The van der Waals surface area contributed by atoms with Gasteiger partial charge in [0.1, 0.15) is 0 Å². The summed E-state index contributed by atoms with van der Waals surface area (Å²) < 4.78 is 11.8. The number of hydrogen-bond acceptors (Lipinski definition) is 4. The van der Waals surface area contributed by atoms with Gasteiger partial charge in [-0.15, -0.1) is 0 Å². The highest BCUT2D eigenvalue weighted by Gasteiger charge is 2.44. The van der Waals surface area contributed by atoms with E-state index >= 15 is 0 Å². The number of likely N-dealkylation sites (tertiary alicyclic amines) is 1. The first-order valence-electron chi connectivity index (χ1n) is 9.46. The zero-order valence-corrected chi connectivity index (χ0v) is 14.7. The normalized spacial score (nSPS) is 29.0. The number of aromatic nitrogens is 1. The van der Waals surface area contributed by atoms with Crippen molar-refractivity contribution in [2.45, 2.75) is 44.4 Å². The topological polar surface area (TPSA) is 54.9 Å². The van der Waals surface area contributed by atoms with E-state index in [4.69, 9.17) is 9.47 Å². The summed E-state index contributed by atoms with van der Waals surface area (Å²) in [6.45, 7) is 4.44. The van der Waals surface area contributed by atoms with E-state index < -0.39 is 0 Å². The molecule has 6 nitrogen and oxygen atoms in total. The first-order chi connectivity index (χ1) is 12.3. The number of fused-ring (bicyclic) bond motifs is 1. The number of carbonyl (C=O) groups is 1. The Labute approximate surface area is 149 Å². The van der Waals surface area contributed by atoms with Gasteiger partial charge < -0.3 is 19.3 Å². The molecule has 3 atom stereocenters. The molecule has 1 aromatic heterocycles. The number of rotatable bonds is 4. The van der Waals surface area contributed by atoms with Gasteiger partial charge in [-0.3, -0.25) is 4.98 Å². The van der Waals surface area contributed by atoms with Crippen LogP contribution in [0.5, 0.6) is 0 Å². The first kappa shape index (κ1) is 16.8. The summed E-state index contributed by atoms with van der Waals surface area (Å²) in [5, 5.41) is 0. The molecule has 1 aliphatic carbocycles. The molecule has 0 spiro atoms. The number of pyridine rings is 1. The van der Waals surface area contributed by atoms with Crippen molar-refractivity contribution in [3.63, 3.8) is 0 Å². The Bertz CT molecular complexity index is 577. The van der Waals surface area contributed by atoms with Crippen molar-refractivity contribution in [1.82, 2.24) is 14.8 Å². The minimum Gasteiger partial charge on any atom is -0.375 e. The Balaban J connectivity index is 1.30. The maximum absolute atomic E-state index is 12.8. The molecule has 3 fully saturated rings. The Morgan fingerprint density at radius 2 is 2.12 bits per heavy atom. The van der Waals surface area contributed by atoms with Gasteiger partial charge in [0.2, 0.25) is 0 Å². The van der Waals surface area contributed by atoms with Gasteiger partial charge in [-0.2, -0.15) is 0 Å². The second kappa shape index (κ2) is 7.70. The SMILES string of the molecule is O=C(N1CCCC1)N1CCOC2CC(COCc3ccccn3)CC21. The molecule has 6 heteroatoms. The molecule has 0 N–H and O–H groups in total. The van der Waals surface area contributed by atoms with Crippen LogP contribution in [0, 0.1) is 5.92 Å². The molecule has 25 heavy (non-hydrogen) atoms. The number of hydrogen-bond donors (Lipinski definition) is 0. The molecular weight excluding hydrogens is 318 g/mol. The second-order valence-electron chi connectivity index (χ2n) is 7.32. The number of morpholine rings is 1. The summed E-state index contributed by atoms with van der Waals surface area (Å²) in [6.07, 6.45) is 6.19. The highest BCUT2D eigenvalue weighted by molar-refractivity contribution is 5.75. The Morgan fingerprint density at radius 1 is 1.24 bits per heavy atom. The Kier molecular flexibility index (Phi) is 5.17. The van der Waals surface area contributed by atoms with E-state index in [0.29, 0.717) is 25.7 Å². The van der Waals surface area contributed by atoms with Crippen LogP contribution in [0.3, 0.4) is 0 Å². The van der Waals surface area contributed by atoms with E-state index in [1.165, 1.54) is 0 Å². The average molecular weight is 345 g/mol. The number of urea groups is 1. The summed E-state index contributed by atoms with van der Waals surface area (Å²) in [6, 6.07) is 6.30. The van der Waals surface area contributed by atoms with Crippen molar-refractivity contribution in [2.75, 3.05) is 32.8 Å². The van der Waals surface area contributed by atoms with E-state index in [2.05, 4.69) is 9.88 Å². The molecule has 0 aromatic carbocycles. The van der Waals surface area contributed by atoms with Gasteiger partial charge in [0.05, 0.1) is 37.7 Å². The molecule has 136 valence electrons. The third-order valence-electron chi connectivity index (χ3n) is 5.59. The summed E-state index contributed by atoms with van der Waals surface area (Å²) >= 11 is 0. The summed E-state index contributed by atoms with van der Waals surface area (Å²) in [7, 11) is 0. The maximum Gasteiger partial charge on any atom is 0.320 e. The van der Waals surface area contributed by atoms with E-state index in [9.17, 15) is 4.79 Å². The molecule has 0 radical (unpaired) electrons. The lowest BCUT2D eigenvalue weighted by Crippen LogP contribution is -2.55. The molecule has 1 aromatic rings. The lowest BCUT2D eigenvalue weighted by atomic mass is 10.1. The largest absolute Gasteiger partial charge is 0.375 e. The van der Waals surface area contributed by atoms with Crippen molar-refractivity contribution in [2.24, 2.45) is 5.92 Å². The smallest absolute Gasteiger partial charge is 0.320 e. The van der Waals surface area contributed by atoms with Crippen molar-refractivity contribution in [3.8, 4) is 0 Å². The van der Waals surface area contributed by atoms with Gasteiger partial charge in [0.15, 0.2) is 0 Å². The highest BCUT2D eigenvalue weighted by Crippen LogP contribution is 2.35. The Morgan fingerprint density at radius 3 is 2.92 bits per heavy atom. The molecule has 2 saturated heterocycles. The van der Waals surface area contributed by atoms with Crippen molar-refractivity contribution in [1.29, 1.82) is 0 Å². The fraction of sp³-hybridized carbons (Fsp3) is 0.684. The third kappa shape index (κ3) is 3.80. The van der Waals surface area contributed by atoms with Crippen LogP contribution < -0.4 is 0 Å². The maximum atomic E-state index is 12.8. The molecule has 3 unspecified atom stereocenters. The van der Waals surface area contributed by atoms with Crippen LogP contribution in [0.15, 0.2) is 24.4 Å². The molecule has 2 aliphatic heterocycles. The average Bonchev–Trinajstić information content (AvgIpc) is 3.31. The molecule has 3 heterocycles. The van der Waals surface area contributed by atoms with Crippen LogP contribution in [-0.2, 0) is 16.1 Å². The van der Waals surface area contributed by atoms with Crippen LogP contribution in [0.25, 0.3) is 0 Å². The number of amides is 2. The molecule has 3 aliphatic rings. The van der Waals surface area contributed by atoms with Gasteiger partial charge in [-0.1, -0.05) is 6.07 Å². The Hall–Kier alpha value is -1.66. The fourth-order valence-electron chi connectivity index (χ4n) is 4.33. The van der Waals surface area contributed by atoms with Gasteiger partial charge in [-0.25, -0.2) is 4.79 Å². The zero-order chi connectivity index (χ0) is 17.1. The van der Waals surface area contributed by atoms with Crippen LogP contribution in [0.4, 0.5) is 4.79 Å². The van der Waals surface area contributed by atoms with E-state index in [-0.39, 0.29) is 18.2 Å². The quantitative estimate of drug-likeness (QED) is 0.840. The van der Waals surface area contributed by atoms with Crippen molar-refractivity contribution < 1.29 is 14.3 Å². The third-order valence-corrected chi connectivity index (χ3v) is 5.59. The summed E-state index contributed by atoms with van der Waals surface area (Å²) in [5.41, 5.74) is 0.958. The number of nitrogens with zero attached hydrogens (tertiary/aromatic N) is 3. The van der Waals surface area contributed by atoms with Crippen LogP contribution in [0.1, 0.15) is 31.4 Å². The lowest BCUT2D eigenvalue weighted by molar-refractivity contribution is -0.0432. The van der Waals surface area contributed by atoms with E-state index in [1.54, 1.807) is 6.20 Å². The minimum absolute atomic E-state index is 0.170. The molecular formula is C19H27N3O3.